The van der Waals surface area contributed by atoms with Crippen LogP contribution in [0, 0.1) is 0 Å². The lowest BCUT2D eigenvalue weighted by Crippen LogP contribution is -2.14. The number of methoxy groups -OCH3 is 1. The number of ketones is 1. The second-order valence-electron chi connectivity index (χ2n) is 3.67. The molecular weight excluding hydrogens is 222 g/mol. The molecule has 0 aliphatic rings. The van der Waals surface area contributed by atoms with Crippen molar-refractivity contribution in [1.82, 2.24) is 4.57 Å². The van der Waals surface area contributed by atoms with Crippen molar-refractivity contribution in [2.24, 2.45) is 7.05 Å². The number of aliphatic carboxylic acids is 1. The second-order valence-corrected chi connectivity index (χ2v) is 3.67. The molecule has 0 spiro atoms. The highest BCUT2D eigenvalue weighted by atomic mass is 16.5. The van der Waals surface area contributed by atoms with Gasteiger partial charge < -0.3 is 14.4 Å². The molecule has 0 radical (unpaired) electrons. The Morgan fingerprint density at radius 2 is 2.06 bits per heavy atom. The lowest BCUT2D eigenvalue weighted by atomic mass is 10.1. The van der Waals surface area contributed by atoms with Gasteiger partial charge in [-0.2, -0.15) is 0 Å². The molecule has 5 heteroatoms. The molecule has 5 nitrogen and oxygen atoms in total. The summed E-state index contributed by atoms with van der Waals surface area (Å²) >= 11 is 0. The van der Waals surface area contributed by atoms with Gasteiger partial charge in [0.05, 0.1) is 12.7 Å². The molecule has 0 aliphatic carbocycles. The van der Waals surface area contributed by atoms with Crippen LogP contribution >= 0.6 is 0 Å². The van der Waals surface area contributed by atoms with Crippen molar-refractivity contribution in [3.05, 3.63) is 30.0 Å². The molecule has 0 saturated carbocycles. The summed E-state index contributed by atoms with van der Waals surface area (Å²) in [4.78, 5) is 22.2. The summed E-state index contributed by atoms with van der Waals surface area (Å²) < 4.78 is 6.85. The van der Waals surface area contributed by atoms with Crippen LogP contribution in [0.1, 0.15) is 10.4 Å². The molecule has 2 rings (SSSR count). The number of hydrogen-bond acceptors (Lipinski definition) is 3. The number of hydrogen-bond donors (Lipinski definition) is 1. The van der Waals surface area contributed by atoms with Crippen molar-refractivity contribution < 1.29 is 19.4 Å². The number of aryl methyl sites for hydroxylation is 1. The second kappa shape index (κ2) is 3.93. The zero-order chi connectivity index (χ0) is 12.6. The molecule has 1 heterocycles. The van der Waals surface area contributed by atoms with E-state index in [1.165, 1.54) is 13.2 Å². The predicted molar refractivity (Wildman–Crippen MR) is 61.4 cm³/mol. The Morgan fingerprint density at radius 3 is 2.65 bits per heavy atom. The van der Waals surface area contributed by atoms with E-state index in [-0.39, 0.29) is 11.3 Å². The zero-order valence-electron chi connectivity index (χ0n) is 9.43. The largest absolute Gasteiger partial charge is 0.496 e. The zero-order valence-corrected chi connectivity index (χ0v) is 9.43. The predicted octanol–water partition coefficient (Wildman–Crippen LogP) is 1.45. The minimum absolute atomic E-state index is 0.0642. The van der Waals surface area contributed by atoms with Gasteiger partial charge >= 0.3 is 5.97 Å². The summed E-state index contributed by atoms with van der Waals surface area (Å²) in [5.41, 5.74) is 0.852. The first-order valence-electron chi connectivity index (χ1n) is 4.95. The van der Waals surface area contributed by atoms with Crippen LogP contribution in [0.4, 0.5) is 0 Å². The van der Waals surface area contributed by atoms with Gasteiger partial charge in [-0.25, -0.2) is 4.79 Å². The van der Waals surface area contributed by atoms with Crippen LogP contribution in [0.15, 0.2) is 24.4 Å². The smallest absolute Gasteiger partial charge is 0.377 e. The van der Waals surface area contributed by atoms with E-state index in [1.807, 2.05) is 23.9 Å². The Balaban J connectivity index is 2.71. The van der Waals surface area contributed by atoms with E-state index in [0.717, 1.165) is 10.9 Å². The highest BCUT2D eigenvalue weighted by Gasteiger charge is 2.20. The molecule has 88 valence electrons. The van der Waals surface area contributed by atoms with Gasteiger partial charge in [-0.1, -0.05) is 0 Å². The highest BCUT2D eigenvalue weighted by Crippen LogP contribution is 2.26. The van der Waals surface area contributed by atoms with Gasteiger partial charge in [-0.3, -0.25) is 4.79 Å². The molecule has 0 amide bonds. The van der Waals surface area contributed by atoms with E-state index >= 15 is 0 Å². The van der Waals surface area contributed by atoms with E-state index in [0.29, 0.717) is 0 Å². The number of benzene rings is 1. The SMILES string of the molecule is COc1cc2ccn(C)c2cc1C(=O)C(=O)O. The monoisotopic (exact) mass is 233 g/mol. The Labute approximate surface area is 97.2 Å². The number of nitrogens with zero attached hydrogens (tertiary/aromatic N) is 1. The average molecular weight is 233 g/mol. The summed E-state index contributed by atoms with van der Waals surface area (Å²) in [7, 11) is 3.23. The number of carboxylic acids is 1. The minimum Gasteiger partial charge on any atom is -0.496 e. The number of aromatic nitrogens is 1. The Hall–Kier alpha value is -2.30. The van der Waals surface area contributed by atoms with Gasteiger partial charge in [0.2, 0.25) is 0 Å². The summed E-state index contributed by atoms with van der Waals surface area (Å²) in [6.07, 6.45) is 1.83. The first-order chi connectivity index (χ1) is 8.04. The number of rotatable bonds is 3. The Kier molecular flexibility index (Phi) is 2.59. The number of Topliss-reactive ketones (excluding diaryl/α,β-unsaturated/α-hetero) is 1. The van der Waals surface area contributed by atoms with Crippen molar-refractivity contribution in [3.8, 4) is 5.75 Å². The minimum atomic E-state index is -1.49. The van der Waals surface area contributed by atoms with Crippen molar-refractivity contribution in [3.63, 3.8) is 0 Å². The maximum absolute atomic E-state index is 11.5. The number of fused-ring (bicyclic) bond motifs is 1. The molecule has 1 aromatic carbocycles. The third-order valence-electron chi connectivity index (χ3n) is 2.65. The van der Waals surface area contributed by atoms with Gasteiger partial charge in [-0.15, -0.1) is 0 Å². The van der Waals surface area contributed by atoms with Crippen LogP contribution in [0.25, 0.3) is 10.9 Å². The third-order valence-corrected chi connectivity index (χ3v) is 2.65. The summed E-state index contributed by atoms with van der Waals surface area (Å²) in [6, 6.07) is 5.06. The Bertz CT molecular complexity index is 612. The first-order valence-corrected chi connectivity index (χ1v) is 4.95. The van der Waals surface area contributed by atoms with E-state index < -0.39 is 11.8 Å². The van der Waals surface area contributed by atoms with Crippen LogP contribution in [-0.2, 0) is 11.8 Å². The molecule has 0 aliphatic heterocycles. The van der Waals surface area contributed by atoms with Crippen LogP contribution < -0.4 is 4.74 Å². The number of ether oxygens (including phenoxy) is 1. The van der Waals surface area contributed by atoms with Crippen molar-refractivity contribution >= 4 is 22.7 Å². The fourth-order valence-electron chi connectivity index (χ4n) is 1.76. The van der Waals surface area contributed by atoms with Crippen LogP contribution in [0.5, 0.6) is 5.75 Å². The third kappa shape index (κ3) is 1.75. The standard InChI is InChI=1S/C12H11NO4/c1-13-4-3-7-5-10(17-2)8(6-9(7)13)11(14)12(15)16/h3-6H,1-2H3,(H,15,16). The first kappa shape index (κ1) is 11.2. The van der Waals surface area contributed by atoms with E-state index in [1.54, 1.807) is 6.07 Å². The topological polar surface area (TPSA) is 68.5 Å². The molecule has 1 aromatic heterocycles. The summed E-state index contributed by atoms with van der Waals surface area (Å²) in [5.74, 6) is -2.18. The van der Waals surface area contributed by atoms with Gasteiger partial charge in [-0.05, 0) is 18.2 Å². The molecule has 0 bridgehead atoms. The Morgan fingerprint density at radius 1 is 1.35 bits per heavy atom. The average Bonchev–Trinajstić information content (AvgIpc) is 2.68. The lowest BCUT2D eigenvalue weighted by molar-refractivity contribution is -0.131. The number of carboxylic acid groups (broad SMARTS) is 1. The lowest BCUT2D eigenvalue weighted by Gasteiger charge is -2.07. The van der Waals surface area contributed by atoms with Crippen LogP contribution in [0.2, 0.25) is 0 Å². The fourth-order valence-corrected chi connectivity index (χ4v) is 1.76. The molecule has 17 heavy (non-hydrogen) atoms. The molecule has 2 aromatic rings. The number of carbonyl (C=O) groups is 2. The van der Waals surface area contributed by atoms with Crippen LogP contribution in [-0.4, -0.2) is 28.5 Å². The fraction of sp³-hybridized carbons (Fsp3) is 0.167. The van der Waals surface area contributed by atoms with E-state index in [4.69, 9.17) is 9.84 Å². The van der Waals surface area contributed by atoms with Gasteiger partial charge in [0.15, 0.2) is 0 Å². The molecule has 0 atom stereocenters. The van der Waals surface area contributed by atoms with E-state index in [2.05, 4.69) is 0 Å². The summed E-state index contributed by atoms with van der Waals surface area (Å²) in [6.45, 7) is 0. The molecule has 1 N–H and O–H groups in total. The maximum Gasteiger partial charge on any atom is 0.377 e. The normalized spacial score (nSPS) is 10.5. The molecule has 0 fully saturated rings. The highest BCUT2D eigenvalue weighted by molar-refractivity contribution is 6.40. The van der Waals surface area contributed by atoms with Crippen molar-refractivity contribution in [1.29, 1.82) is 0 Å². The van der Waals surface area contributed by atoms with Gasteiger partial charge in [0, 0.05) is 24.1 Å². The number of carbonyl (C=O) groups excluding carboxylic acids is 1. The van der Waals surface area contributed by atoms with Crippen LogP contribution in [0.3, 0.4) is 0 Å². The van der Waals surface area contributed by atoms with Crippen molar-refractivity contribution in [2.75, 3.05) is 7.11 Å². The van der Waals surface area contributed by atoms with Gasteiger partial charge in [0.25, 0.3) is 5.78 Å². The maximum atomic E-state index is 11.5. The van der Waals surface area contributed by atoms with E-state index in [9.17, 15) is 9.59 Å². The summed E-state index contributed by atoms with van der Waals surface area (Å²) in [5, 5.41) is 9.63. The quantitative estimate of drug-likeness (QED) is 0.643. The van der Waals surface area contributed by atoms with Gasteiger partial charge in [0.1, 0.15) is 5.75 Å². The molecular formula is C12H11NO4. The van der Waals surface area contributed by atoms with Crippen molar-refractivity contribution in [2.45, 2.75) is 0 Å². The molecule has 0 saturated heterocycles. The molecule has 0 unspecified atom stereocenters.